The van der Waals surface area contributed by atoms with Gasteiger partial charge >= 0.3 is 0 Å². The highest BCUT2D eigenvalue weighted by Gasteiger charge is 2.08. The first kappa shape index (κ1) is 11.5. The molecule has 0 aliphatic carbocycles. The largest absolute Gasteiger partial charge is 0.369 e. The van der Waals surface area contributed by atoms with Crippen molar-refractivity contribution in [1.82, 2.24) is 24.1 Å². The maximum absolute atomic E-state index is 4.51. The van der Waals surface area contributed by atoms with Crippen LogP contribution in [-0.4, -0.2) is 30.7 Å². The van der Waals surface area contributed by atoms with Crippen molar-refractivity contribution in [2.75, 3.05) is 17.2 Å². The Balaban J connectivity index is 2.02. The molecule has 0 fully saturated rings. The quantitative estimate of drug-likeness (QED) is 0.743. The molecule has 0 aliphatic rings. The number of nitrogens with zero attached hydrogens (tertiary/aromatic N) is 5. The minimum atomic E-state index is 0.683. The molecule has 0 aliphatic heterocycles. The molecule has 3 aromatic heterocycles. The highest BCUT2D eigenvalue weighted by molar-refractivity contribution is 5.70. The van der Waals surface area contributed by atoms with Crippen molar-refractivity contribution in [3.8, 4) is 0 Å². The molecular weight excluding hydrogens is 242 g/mol. The number of anilines is 3. The molecule has 0 amide bonds. The number of imidazole rings is 1. The lowest BCUT2D eigenvalue weighted by molar-refractivity contribution is 0.771. The van der Waals surface area contributed by atoms with Crippen LogP contribution in [-0.2, 0) is 7.05 Å². The molecule has 0 radical (unpaired) electrons. The van der Waals surface area contributed by atoms with Crippen molar-refractivity contribution in [2.45, 2.75) is 6.92 Å². The second kappa shape index (κ2) is 4.60. The third-order valence-corrected chi connectivity index (χ3v) is 2.69. The Labute approximate surface area is 110 Å². The maximum atomic E-state index is 4.51. The van der Waals surface area contributed by atoms with E-state index in [1.165, 1.54) is 0 Å². The van der Waals surface area contributed by atoms with Gasteiger partial charge in [-0.15, -0.1) is 0 Å². The molecule has 0 saturated carbocycles. The molecule has 0 saturated heterocycles. The van der Waals surface area contributed by atoms with Crippen LogP contribution in [0.3, 0.4) is 0 Å². The van der Waals surface area contributed by atoms with Crippen molar-refractivity contribution in [3.05, 3.63) is 30.9 Å². The van der Waals surface area contributed by atoms with Gasteiger partial charge in [0.15, 0.2) is 17.3 Å². The molecule has 19 heavy (non-hydrogen) atoms. The Kier molecular flexibility index (Phi) is 2.79. The summed E-state index contributed by atoms with van der Waals surface area (Å²) in [5, 5.41) is 10.7. The molecular formula is C12H15N7. The topological polar surface area (TPSA) is 72.1 Å². The van der Waals surface area contributed by atoms with Gasteiger partial charge in [-0.05, 0) is 6.92 Å². The summed E-state index contributed by atoms with van der Waals surface area (Å²) in [7, 11) is 1.87. The summed E-state index contributed by atoms with van der Waals surface area (Å²) in [5.41, 5.74) is 0.771. The summed E-state index contributed by atoms with van der Waals surface area (Å²) in [6.07, 6.45) is 7.42. The molecule has 3 heterocycles. The fraction of sp³-hybridized carbons (Fsp3) is 0.250. The van der Waals surface area contributed by atoms with Crippen LogP contribution in [0.5, 0.6) is 0 Å². The third-order valence-electron chi connectivity index (χ3n) is 2.69. The van der Waals surface area contributed by atoms with E-state index in [2.05, 4.69) is 25.7 Å². The molecule has 0 unspecified atom stereocenters. The van der Waals surface area contributed by atoms with E-state index in [1.807, 2.05) is 43.0 Å². The van der Waals surface area contributed by atoms with Gasteiger partial charge in [0, 0.05) is 38.2 Å². The van der Waals surface area contributed by atoms with Gasteiger partial charge in [0.25, 0.3) is 0 Å². The molecule has 0 atom stereocenters. The monoisotopic (exact) mass is 257 g/mol. The van der Waals surface area contributed by atoms with Gasteiger partial charge in [0.05, 0.1) is 6.20 Å². The van der Waals surface area contributed by atoms with E-state index in [0.717, 1.165) is 23.8 Å². The van der Waals surface area contributed by atoms with Gasteiger partial charge in [-0.25, -0.2) is 9.97 Å². The zero-order valence-electron chi connectivity index (χ0n) is 10.8. The Hall–Kier alpha value is -2.57. The average Bonchev–Trinajstić information content (AvgIpc) is 2.99. The smallest absolute Gasteiger partial charge is 0.180 e. The number of aromatic nitrogens is 5. The van der Waals surface area contributed by atoms with Crippen molar-refractivity contribution in [2.24, 2.45) is 7.05 Å². The number of hydrogen-bond acceptors (Lipinski definition) is 5. The lowest BCUT2D eigenvalue weighted by Gasteiger charge is -2.08. The zero-order chi connectivity index (χ0) is 13.2. The lowest BCUT2D eigenvalue weighted by Crippen LogP contribution is -2.05. The summed E-state index contributed by atoms with van der Waals surface area (Å²) in [5.74, 6) is 2.22. The zero-order valence-corrected chi connectivity index (χ0v) is 10.8. The van der Waals surface area contributed by atoms with E-state index in [0.29, 0.717) is 5.82 Å². The van der Waals surface area contributed by atoms with E-state index in [4.69, 9.17) is 0 Å². The van der Waals surface area contributed by atoms with Gasteiger partial charge in [-0.2, -0.15) is 5.10 Å². The molecule has 2 N–H and O–H groups in total. The number of rotatable bonds is 4. The summed E-state index contributed by atoms with van der Waals surface area (Å²) >= 11 is 0. The normalized spacial score (nSPS) is 10.8. The van der Waals surface area contributed by atoms with Crippen LogP contribution in [0, 0.1) is 0 Å². The van der Waals surface area contributed by atoms with Crippen molar-refractivity contribution < 1.29 is 0 Å². The SMILES string of the molecule is CCNc1cn2ccnc2c(Nc2ccn(C)n2)n1. The molecule has 0 spiro atoms. The number of nitrogens with one attached hydrogen (secondary N) is 2. The predicted octanol–water partition coefficient (Wildman–Crippen LogP) is 1.64. The standard InChI is InChI=1S/C12H15N7/c1-3-13-10-8-19-7-5-14-12(19)11(16-10)15-9-4-6-18(2)17-9/h4-8,13H,3H2,1-2H3,(H,15,16,17). The number of aryl methyl sites for hydroxylation is 1. The second-order valence-corrected chi connectivity index (χ2v) is 4.16. The van der Waals surface area contributed by atoms with E-state index < -0.39 is 0 Å². The number of fused-ring (bicyclic) bond motifs is 1. The molecule has 7 heteroatoms. The van der Waals surface area contributed by atoms with Crippen molar-refractivity contribution in [1.29, 1.82) is 0 Å². The van der Waals surface area contributed by atoms with Crippen molar-refractivity contribution in [3.63, 3.8) is 0 Å². The summed E-state index contributed by atoms with van der Waals surface area (Å²) in [4.78, 5) is 8.81. The highest BCUT2D eigenvalue weighted by Crippen LogP contribution is 2.19. The molecule has 98 valence electrons. The molecule has 0 bridgehead atoms. The van der Waals surface area contributed by atoms with E-state index >= 15 is 0 Å². The van der Waals surface area contributed by atoms with Gasteiger partial charge in [-0.1, -0.05) is 0 Å². The minimum absolute atomic E-state index is 0.683. The van der Waals surface area contributed by atoms with Gasteiger partial charge in [-0.3, -0.25) is 4.68 Å². The number of hydrogen-bond donors (Lipinski definition) is 2. The summed E-state index contributed by atoms with van der Waals surface area (Å²) in [6, 6.07) is 1.89. The first-order valence-corrected chi connectivity index (χ1v) is 6.10. The van der Waals surface area contributed by atoms with Crippen LogP contribution in [0.4, 0.5) is 17.5 Å². The van der Waals surface area contributed by atoms with Crippen LogP contribution >= 0.6 is 0 Å². The summed E-state index contributed by atoms with van der Waals surface area (Å²) in [6.45, 7) is 2.85. The van der Waals surface area contributed by atoms with Crippen LogP contribution < -0.4 is 10.6 Å². The Bertz CT molecular complexity index is 697. The van der Waals surface area contributed by atoms with E-state index in [9.17, 15) is 0 Å². The van der Waals surface area contributed by atoms with Crippen LogP contribution in [0.25, 0.3) is 5.65 Å². The summed E-state index contributed by atoms with van der Waals surface area (Å²) < 4.78 is 3.66. The molecule has 3 aromatic rings. The first-order valence-electron chi connectivity index (χ1n) is 6.10. The first-order chi connectivity index (χ1) is 9.26. The average molecular weight is 257 g/mol. The fourth-order valence-corrected chi connectivity index (χ4v) is 1.88. The minimum Gasteiger partial charge on any atom is -0.369 e. The van der Waals surface area contributed by atoms with Crippen LogP contribution in [0.1, 0.15) is 6.92 Å². The van der Waals surface area contributed by atoms with E-state index in [1.54, 1.807) is 10.9 Å². The maximum Gasteiger partial charge on any atom is 0.180 e. The lowest BCUT2D eigenvalue weighted by atomic mass is 10.5. The van der Waals surface area contributed by atoms with Gasteiger partial charge < -0.3 is 15.0 Å². The highest BCUT2D eigenvalue weighted by atomic mass is 15.3. The Morgan fingerprint density at radius 2 is 2.16 bits per heavy atom. The third kappa shape index (κ3) is 2.22. The van der Waals surface area contributed by atoms with Gasteiger partial charge in [0.1, 0.15) is 5.82 Å². The predicted molar refractivity (Wildman–Crippen MR) is 73.6 cm³/mol. The molecule has 0 aromatic carbocycles. The fourth-order valence-electron chi connectivity index (χ4n) is 1.88. The van der Waals surface area contributed by atoms with Crippen LogP contribution in [0.15, 0.2) is 30.9 Å². The van der Waals surface area contributed by atoms with Crippen molar-refractivity contribution >= 4 is 23.1 Å². The molecule has 3 rings (SSSR count). The Morgan fingerprint density at radius 3 is 2.89 bits per heavy atom. The van der Waals surface area contributed by atoms with Crippen LogP contribution in [0.2, 0.25) is 0 Å². The van der Waals surface area contributed by atoms with E-state index in [-0.39, 0.29) is 0 Å². The second-order valence-electron chi connectivity index (χ2n) is 4.16. The molecule has 7 nitrogen and oxygen atoms in total. The van der Waals surface area contributed by atoms with Gasteiger partial charge in [0.2, 0.25) is 0 Å². The Morgan fingerprint density at radius 1 is 1.26 bits per heavy atom.